The Balaban J connectivity index is 1.68. The SMILES string of the molecule is CCC(Sc1cccc(NC(=O)c2ccccc2C)c1)C(=O)Nc1ccc(C)c(C)c1. The van der Waals surface area contributed by atoms with Gasteiger partial charge in [-0.05, 0) is 80.3 Å². The molecule has 5 heteroatoms. The highest BCUT2D eigenvalue weighted by Gasteiger charge is 2.19. The Bertz CT molecular complexity index is 1090. The maximum atomic E-state index is 12.8. The highest BCUT2D eigenvalue weighted by molar-refractivity contribution is 8.00. The fraction of sp³-hybridized carbons (Fsp3) is 0.231. The number of nitrogens with one attached hydrogen (secondary N) is 2. The molecule has 3 rings (SSSR count). The molecule has 0 fully saturated rings. The van der Waals surface area contributed by atoms with Gasteiger partial charge in [-0.25, -0.2) is 0 Å². The number of amides is 2. The third-order valence-electron chi connectivity index (χ3n) is 5.20. The van der Waals surface area contributed by atoms with Gasteiger partial charge in [0.05, 0.1) is 5.25 Å². The summed E-state index contributed by atoms with van der Waals surface area (Å²) in [6.07, 6.45) is 0.696. The Morgan fingerprint density at radius 3 is 2.26 bits per heavy atom. The summed E-state index contributed by atoms with van der Waals surface area (Å²) in [5.74, 6) is -0.162. The summed E-state index contributed by atoms with van der Waals surface area (Å²) in [6, 6.07) is 21.1. The van der Waals surface area contributed by atoms with E-state index >= 15 is 0 Å². The van der Waals surface area contributed by atoms with E-state index in [0.29, 0.717) is 17.7 Å². The Kier molecular flexibility index (Phi) is 7.53. The molecule has 2 N–H and O–H groups in total. The van der Waals surface area contributed by atoms with Crippen LogP contribution in [-0.4, -0.2) is 17.1 Å². The average molecular weight is 433 g/mol. The van der Waals surface area contributed by atoms with Gasteiger partial charge < -0.3 is 10.6 Å². The van der Waals surface area contributed by atoms with E-state index < -0.39 is 0 Å². The quantitative estimate of drug-likeness (QED) is 0.426. The van der Waals surface area contributed by atoms with E-state index in [-0.39, 0.29) is 17.1 Å². The minimum atomic E-state index is -0.232. The lowest BCUT2D eigenvalue weighted by Gasteiger charge is -2.16. The van der Waals surface area contributed by atoms with Gasteiger partial charge in [-0.15, -0.1) is 11.8 Å². The van der Waals surface area contributed by atoms with Gasteiger partial charge in [0.1, 0.15) is 0 Å². The highest BCUT2D eigenvalue weighted by atomic mass is 32.2. The molecule has 0 heterocycles. The monoisotopic (exact) mass is 432 g/mol. The summed E-state index contributed by atoms with van der Waals surface area (Å²) in [6.45, 7) is 8.01. The third kappa shape index (κ3) is 5.98. The van der Waals surface area contributed by atoms with Crippen molar-refractivity contribution in [1.82, 2.24) is 0 Å². The van der Waals surface area contributed by atoms with Crippen molar-refractivity contribution in [3.63, 3.8) is 0 Å². The lowest BCUT2D eigenvalue weighted by Crippen LogP contribution is -2.24. The van der Waals surface area contributed by atoms with Crippen molar-refractivity contribution in [3.8, 4) is 0 Å². The van der Waals surface area contributed by atoms with Crippen LogP contribution in [0.4, 0.5) is 11.4 Å². The maximum Gasteiger partial charge on any atom is 0.255 e. The molecule has 0 spiro atoms. The number of thioether (sulfide) groups is 1. The summed E-state index contributed by atoms with van der Waals surface area (Å²) >= 11 is 1.50. The van der Waals surface area contributed by atoms with Crippen LogP contribution in [0.1, 0.15) is 40.4 Å². The van der Waals surface area contributed by atoms with Crippen molar-refractivity contribution in [3.05, 3.63) is 89.0 Å². The minimum Gasteiger partial charge on any atom is -0.325 e. The van der Waals surface area contributed by atoms with Crippen LogP contribution in [0.25, 0.3) is 0 Å². The van der Waals surface area contributed by atoms with Crippen LogP contribution in [0.3, 0.4) is 0 Å². The van der Waals surface area contributed by atoms with Gasteiger partial charge in [0.25, 0.3) is 5.91 Å². The molecule has 0 radical (unpaired) electrons. The lowest BCUT2D eigenvalue weighted by atomic mass is 10.1. The largest absolute Gasteiger partial charge is 0.325 e. The first-order valence-corrected chi connectivity index (χ1v) is 11.3. The molecule has 1 unspecified atom stereocenters. The predicted octanol–water partition coefficient (Wildman–Crippen LogP) is 6.37. The number of anilines is 2. The van der Waals surface area contributed by atoms with Gasteiger partial charge in [0, 0.05) is 21.8 Å². The van der Waals surface area contributed by atoms with E-state index in [0.717, 1.165) is 21.7 Å². The third-order valence-corrected chi connectivity index (χ3v) is 6.56. The van der Waals surface area contributed by atoms with Crippen LogP contribution < -0.4 is 10.6 Å². The Hall–Kier alpha value is -3.05. The second-order valence-electron chi connectivity index (χ2n) is 7.60. The molecular formula is C26H28N2O2S. The normalized spacial score (nSPS) is 11.6. The van der Waals surface area contributed by atoms with Crippen molar-refractivity contribution >= 4 is 35.0 Å². The zero-order valence-corrected chi connectivity index (χ0v) is 19.2. The Labute approximate surface area is 188 Å². The van der Waals surface area contributed by atoms with Crippen molar-refractivity contribution in [1.29, 1.82) is 0 Å². The van der Waals surface area contributed by atoms with Crippen LogP contribution >= 0.6 is 11.8 Å². The first kappa shape index (κ1) is 22.6. The van der Waals surface area contributed by atoms with Gasteiger partial charge in [0.15, 0.2) is 0 Å². The first-order valence-electron chi connectivity index (χ1n) is 10.4. The number of carbonyl (C=O) groups excluding carboxylic acids is 2. The Morgan fingerprint density at radius 2 is 1.55 bits per heavy atom. The summed E-state index contributed by atoms with van der Waals surface area (Å²) in [7, 11) is 0. The predicted molar refractivity (Wildman–Crippen MR) is 130 cm³/mol. The highest BCUT2D eigenvalue weighted by Crippen LogP contribution is 2.29. The minimum absolute atomic E-state index is 0.0231. The fourth-order valence-corrected chi connectivity index (χ4v) is 4.22. The summed E-state index contributed by atoms with van der Waals surface area (Å²) in [5, 5.41) is 5.75. The van der Waals surface area contributed by atoms with E-state index in [4.69, 9.17) is 0 Å². The standard InChI is InChI=1S/C26H28N2O2S/c1-5-24(26(30)28-21-14-13-17(2)19(4)15-21)31-22-11-8-10-20(16-22)27-25(29)23-12-7-6-9-18(23)3/h6-16,24H,5H2,1-4H3,(H,27,29)(H,28,30). The average Bonchev–Trinajstić information content (AvgIpc) is 2.75. The van der Waals surface area contributed by atoms with Gasteiger partial charge in [-0.1, -0.05) is 37.3 Å². The van der Waals surface area contributed by atoms with Crippen LogP contribution in [0.5, 0.6) is 0 Å². The van der Waals surface area contributed by atoms with E-state index in [1.54, 1.807) is 0 Å². The van der Waals surface area contributed by atoms with Crippen molar-refractivity contribution in [2.75, 3.05) is 10.6 Å². The van der Waals surface area contributed by atoms with Crippen molar-refractivity contribution in [2.24, 2.45) is 0 Å². The molecule has 0 aliphatic rings. The molecule has 1 atom stereocenters. The van der Waals surface area contributed by atoms with Gasteiger partial charge in [-0.2, -0.15) is 0 Å². The number of aryl methyl sites for hydroxylation is 3. The lowest BCUT2D eigenvalue weighted by molar-refractivity contribution is -0.115. The van der Waals surface area contributed by atoms with Crippen LogP contribution in [0, 0.1) is 20.8 Å². The van der Waals surface area contributed by atoms with Crippen LogP contribution in [-0.2, 0) is 4.79 Å². The number of hydrogen-bond donors (Lipinski definition) is 2. The number of hydrogen-bond acceptors (Lipinski definition) is 3. The van der Waals surface area contributed by atoms with Gasteiger partial charge in [0.2, 0.25) is 5.91 Å². The van der Waals surface area contributed by atoms with E-state index in [2.05, 4.69) is 17.6 Å². The molecule has 0 aromatic heterocycles. The van der Waals surface area contributed by atoms with Crippen molar-refractivity contribution in [2.45, 2.75) is 44.3 Å². The topological polar surface area (TPSA) is 58.2 Å². The molecule has 0 aliphatic carbocycles. The van der Waals surface area contributed by atoms with Gasteiger partial charge in [-0.3, -0.25) is 9.59 Å². The molecule has 3 aromatic carbocycles. The first-order chi connectivity index (χ1) is 14.9. The molecule has 0 saturated carbocycles. The molecule has 31 heavy (non-hydrogen) atoms. The zero-order chi connectivity index (χ0) is 22.4. The molecule has 160 valence electrons. The smallest absolute Gasteiger partial charge is 0.255 e. The Morgan fingerprint density at radius 1 is 0.806 bits per heavy atom. The molecule has 3 aromatic rings. The second-order valence-corrected chi connectivity index (χ2v) is 8.88. The van der Waals surface area contributed by atoms with Crippen LogP contribution in [0.15, 0.2) is 71.6 Å². The molecular weight excluding hydrogens is 404 g/mol. The molecule has 0 saturated heterocycles. The zero-order valence-electron chi connectivity index (χ0n) is 18.4. The van der Waals surface area contributed by atoms with E-state index in [1.807, 2.05) is 87.5 Å². The fourth-order valence-electron chi connectivity index (χ4n) is 3.20. The summed E-state index contributed by atoms with van der Waals surface area (Å²) in [5.41, 5.74) is 5.45. The second kappa shape index (κ2) is 10.3. The number of benzene rings is 3. The molecule has 0 bridgehead atoms. The molecule has 0 aliphatic heterocycles. The summed E-state index contributed by atoms with van der Waals surface area (Å²) < 4.78 is 0. The number of rotatable bonds is 7. The van der Waals surface area contributed by atoms with E-state index in [1.165, 1.54) is 17.3 Å². The maximum absolute atomic E-state index is 12.8. The van der Waals surface area contributed by atoms with Crippen molar-refractivity contribution < 1.29 is 9.59 Å². The van der Waals surface area contributed by atoms with E-state index in [9.17, 15) is 9.59 Å². The van der Waals surface area contributed by atoms with Gasteiger partial charge >= 0.3 is 0 Å². The molecule has 4 nitrogen and oxygen atoms in total. The molecule has 2 amide bonds. The van der Waals surface area contributed by atoms with Crippen LogP contribution in [0.2, 0.25) is 0 Å². The summed E-state index contributed by atoms with van der Waals surface area (Å²) in [4.78, 5) is 26.4. The number of carbonyl (C=O) groups is 2.